The number of hydrogen-bond acceptors (Lipinski definition) is 6. The number of rotatable bonds is 5. The van der Waals surface area contributed by atoms with Crippen molar-refractivity contribution in [2.45, 2.75) is 12.5 Å². The van der Waals surface area contributed by atoms with Crippen LogP contribution in [0.4, 0.5) is 5.69 Å². The Morgan fingerprint density at radius 2 is 2.05 bits per heavy atom. The van der Waals surface area contributed by atoms with E-state index in [1.807, 2.05) is 0 Å². The van der Waals surface area contributed by atoms with Crippen molar-refractivity contribution < 1.29 is 24.2 Å². The second-order valence-corrected chi connectivity index (χ2v) is 4.19. The molecule has 104 valence electrons. The molecule has 1 aliphatic heterocycles. The molecule has 0 saturated heterocycles. The van der Waals surface area contributed by atoms with Gasteiger partial charge in [0.1, 0.15) is 13.2 Å². The van der Waals surface area contributed by atoms with Gasteiger partial charge in [-0.05, 0) is 6.07 Å². The number of ether oxygens (including phenoxy) is 3. The van der Waals surface area contributed by atoms with Gasteiger partial charge in [0.2, 0.25) is 0 Å². The number of fused-ring (bicyclic) bond motifs is 1. The summed E-state index contributed by atoms with van der Waals surface area (Å²) in [7, 11) is 1.46. The van der Waals surface area contributed by atoms with Crippen molar-refractivity contribution in [3.8, 4) is 11.5 Å². The van der Waals surface area contributed by atoms with Gasteiger partial charge in [-0.15, -0.1) is 0 Å². The summed E-state index contributed by atoms with van der Waals surface area (Å²) >= 11 is 0. The Kier molecular flexibility index (Phi) is 4.18. The average Bonchev–Trinajstić information content (AvgIpc) is 2.38. The molecule has 0 fully saturated rings. The Morgan fingerprint density at radius 3 is 2.63 bits per heavy atom. The van der Waals surface area contributed by atoms with E-state index < -0.39 is 11.0 Å². The molecule has 0 bridgehead atoms. The minimum absolute atomic E-state index is 0.0839. The fourth-order valence-electron chi connectivity index (χ4n) is 1.96. The lowest BCUT2D eigenvalue weighted by atomic mass is 10.0. The van der Waals surface area contributed by atoms with Crippen LogP contribution in [0.5, 0.6) is 11.5 Å². The van der Waals surface area contributed by atoms with Gasteiger partial charge in [-0.3, -0.25) is 10.1 Å². The van der Waals surface area contributed by atoms with Gasteiger partial charge in [0, 0.05) is 19.1 Å². The summed E-state index contributed by atoms with van der Waals surface area (Å²) in [5.74, 6) is 0.833. The maximum absolute atomic E-state index is 11.0. The Bertz CT molecular complexity index is 476. The summed E-state index contributed by atoms with van der Waals surface area (Å²) in [6.07, 6.45) is -0.674. The summed E-state index contributed by atoms with van der Waals surface area (Å²) in [6, 6.07) is 2.88. The molecule has 1 aliphatic rings. The zero-order valence-electron chi connectivity index (χ0n) is 10.5. The van der Waals surface area contributed by atoms with Crippen molar-refractivity contribution >= 4 is 5.69 Å². The SMILES string of the molecule is COCC(O)Cc1cc2c(cc1[N+](=O)[O-])OCCO2. The monoisotopic (exact) mass is 269 g/mol. The first-order chi connectivity index (χ1) is 9.11. The van der Waals surface area contributed by atoms with Crippen LogP contribution in [-0.2, 0) is 11.2 Å². The molecule has 1 heterocycles. The van der Waals surface area contributed by atoms with E-state index in [0.717, 1.165) is 0 Å². The smallest absolute Gasteiger partial charge is 0.276 e. The Balaban J connectivity index is 2.31. The third kappa shape index (κ3) is 3.12. The van der Waals surface area contributed by atoms with Crippen LogP contribution in [0.25, 0.3) is 0 Å². The van der Waals surface area contributed by atoms with Crippen LogP contribution in [0.3, 0.4) is 0 Å². The van der Waals surface area contributed by atoms with Gasteiger partial charge < -0.3 is 19.3 Å². The van der Waals surface area contributed by atoms with Gasteiger partial charge >= 0.3 is 0 Å². The molecule has 0 radical (unpaired) electrons. The predicted octanol–water partition coefficient (Wildman–Crippen LogP) is 0.916. The van der Waals surface area contributed by atoms with Crippen LogP contribution in [-0.4, -0.2) is 43.1 Å². The number of nitrogens with zero attached hydrogens (tertiary/aromatic N) is 1. The van der Waals surface area contributed by atoms with Crippen molar-refractivity contribution in [1.29, 1.82) is 0 Å². The maximum atomic E-state index is 11.0. The molecule has 7 nitrogen and oxygen atoms in total. The normalized spacial score (nSPS) is 15.1. The molecule has 19 heavy (non-hydrogen) atoms. The van der Waals surface area contributed by atoms with E-state index in [0.29, 0.717) is 30.3 Å². The second kappa shape index (κ2) is 5.85. The van der Waals surface area contributed by atoms with E-state index >= 15 is 0 Å². The van der Waals surface area contributed by atoms with Gasteiger partial charge in [0.25, 0.3) is 5.69 Å². The molecule has 0 aromatic heterocycles. The number of nitro groups is 1. The van der Waals surface area contributed by atoms with Crippen molar-refractivity contribution in [3.63, 3.8) is 0 Å². The zero-order chi connectivity index (χ0) is 13.8. The van der Waals surface area contributed by atoms with E-state index in [-0.39, 0.29) is 18.7 Å². The molecular formula is C12H15NO6. The molecule has 7 heteroatoms. The zero-order valence-corrected chi connectivity index (χ0v) is 10.5. The highest BCUT2D eigenvalue weighted by atomic mass is 16.6. The molecule has 1 aromatic rings. The highest BCUT2D eigenvalue weighted by Gasteiger charge is 2.23. The van der Waals surface area contributed by atoms with Crippen LogP contribution in [0, 0.1) is 10.1 Å². The molecule has 0 aliphatic carbocycles. The third-order valence-electron chi connectivity index (χ3n) is 2.75. The fourth-order valence-corrected chi connectivity index (χ4v) is 1.96. The first-order valence-electron chi connectivity index (χ1n) is 5.85. The number of benzene rings is 1. The average molecular weight is 269 g/mol. The number of aliphatic hydroxyl groups is 1. The van der Waals surface area contributed by atoms with Crippen molar-refractivity contribution in [2.75, 3.05) is 26.9 Å². The highest BCUT2D eigenvalue weighted by Crippen LogP contribution is 2.37. The minimum atomic E-state index is -0.800. The van der Waals surface area contributed by atoms with E-state index in [4.69, 9.17) is 14.2 Å². The quantitative estimate of drug-likeness (QED) is 0.631. The molecule has 1 atom stereocenters. The van der Waals surface area contributed by atoms with Gasteiger partial charge in [0.05, 0.1) is 23.7 Å². The topological polar surface area (TPSA) is 91.1 Å². The number of aliphatic hydroxyl groups excluding tert-OH is 1. The summed E-state index contributed by atoms with van der Waals surface area (Å²) < 4.78 is 15.5. The van der Waals surface area contributed by atoms with Crippen LogP contribution >= 0.6 is 0 Å². The molecule has 1 aromatic carbocycles. The Morgan fingerprint density at radius 1 is 1.42 bits per heavy atom. The molecule has 1 unspecified atom stereocenters. The van der Waals surface area contributed by atoms with Crippen molar-refractivity contribution in [1.82, 2.24) is 0 Å². The standard InChI is InChI=1S/C12H15NO6/c1-17-7-9(14)4-8-5-11-12(19-3-2-18-11)6-10(8)13(15)16/h5-6,9,14H,2-4,7H2,1H3. The lowest BCUT2D eigenvalue weighted by molar-refractivity contribution is -0.385. The molecule has 0 saturated carbocycles. The number of nitro benzene ring substituents is 1. The largest absolute Gasteiger partial charge is 0.486 e. The number of hydrogen-bond donors (Lipinski definition) is 1. The van der Waals surface area contributed by atoms with Crippen molar-refractivity contribution in [3.05, 3.63) is 27.8 Å². The van der Waals surface area contributed by atoms with Crippen molar-refractivity contribution in [2.24, 2.45) is 0 Å². The van der Waals surface area contributed by atoms with Crippen LogP contribution in [0.2, 0.25) is 0 Å². The van der Waals surface area contributed by atoms with Gasteiger partial charge in [-0.2, -0.15) is 0 Å². The second-order valence-electron chi connectivity index (χ2n) is 4.19. The molecular weight excluding hydrogens is 254 g/mol. The molecule has 0 amide bonds. The van der Waals surface area contributed by atoms with E-state index in [9.17, 15) is 15.2 Å². The van der Waals surface area contributed by atoms with E-state index in [2.05, 4.69) is 0 Å². The summed E-state index contributed by atoms with van der Waals surface area (Å²) in [4.78, 5) is 10.6. The van der Waals surface area contributed by atoms with Crippen LogP contribution in [0.1, 0.15) is 5.56 Å². The molecule has 1 N–H and O–H groups in total. The summed E-state index contributed by atoms with van der Waals surface area (Å²) in [5.41, 5.74) is 0.318. The van der Waals surface area contributed by atoms with E-state index in [1.54, 1.807) is 6.07 Å². The van der Waals surface area contributed by atoms with Gasteiger partial charge in [-0.25, -0.2) is 0 Å². The Labute approximate surface area is 109 Å². The lowest BCUT2D eigenvalue weighted by Gasteiger charge is -2.19. The fraction of sp³-hybridized carbons (Fsp3) is 0.500. The Hall–Kier alpha value is -1.86. The van der Waals surface area contributed by atoms with E-state index in [1.165, 1.54) is 13.2 Å². The van der Waals surface area contributed by atoms with Crippen LogP contribution in [0.15, 0.2) is 12.1 Å². The third-order valence-corrected chi connectivity index (χ3v) is 2.75. The maximum Gasteiger partial charge on any atom is 0.276 e. The molecule has 0 spiro atoms. The van der Waals surface area contributed by atoms with Gasteiger partial charge in [-0.1, -0.05) is 0 Å². The first-order valence-corrected chi connectivity index (χ1v) is 5.85. The highest BCUT2D eigenvalue weighted by molar-refractivity contribution is 5.55. The summed E-state index contributed by atoms with van der Waals surface area (Å²) in [5, 5.41) is 20.7. The first kappa shape index (κ1) is 13.6. The number of methoxy groups -OCH3 is 1. The van der Waals surface area contributed by atoms with Crippen LogP contribution < -0.4 is 9.47 Å². The van der Waals surface area contributed by atoms with Gasteiger partial charge in [0.15, 0.2) is 11.5 Å². The molecule has 2 rings (SSSR count). The predicted molar refractivity (Wildman–Crippen MR) is 65.7 cm³/mol. The summed E-state index contributed by atoms with van der Waals surface area (Å²) in [6.45, 7) is 0.895. The minimum Gasteiger partial charge on any atom is -0.486 e. The lowest BCUT2D eigenvalue weighted by Crippen LogP contribution is -2.19.